The molecule has 0 radical (unpaired) electrons. The molecule has 17 heavy (non-hydrogen) atoms. The molecule has 0 aliphatic heterocycles. The average molecular weight is 242 g/mol. The Morgan fingerprint density at radius 3 is 1.82 bits per heavy atom. The number of carboxylic acid groups (broad SMARTS) is 2. The van der Waals surface area contributed by atoms with Crippen molar-refractivity contribution in [2.45, 2.75) is 44.9 Å². The van der Waals surface area contributed by atoms with Gasteiger partial charge >= 0.3 is 11.9 Å². The zero-order chi connectivity index (χ0) is 13.1. The van der Waals surface area contributed by atoms with E-state index in [1.165, 1.54) is 0 Å². The van der Waals surface area contributed by atoms with Gasteiger partial charge in [-0.15, -0.1) is 0 Å². The van der Waals surface area contributed by atoms with Crippen molar-refractivity contribution in [3.05, 3.63) is 12.2 Å². The highest BCUT2D eigenvalue weighted by Crippen LogP contribution is 2.07. The zero-order valence-corrected chi connectivity index (χ0v) is 9.72. The number of carbonyl (C=O) groups excluding carboxylic acids is 1. The van der Waals surface area contributed by atoms with Crippen LogP contribution in [0, 0.1) is 0 Å². The van der Waals surface area contributed by atoms with Gasteiger partial charge in [0.1, 0.15) is 0 Å². The SMILES string of the molecule is O=C(O)C=CC(=O)CCCCCCCC(=O)O. The molecule has 0 atom stereocenters. The molecular weight excluding hydrogens is 224 g/mol. The number of unbranched alkanes of at least 4 members (excludes halogenated alkanes) is 4. The van der Waals surface area contributed by atoms with Gasteiger partial charge in [-0.2, -0.15) is 0 Å². The molecule has 0 aromatic rings. The van der Waals surface area contributed by atoms with Crippen LogP contribution in [0.4, 0.5) is 0 Å². The van der Waals surface area contributed by atoms with Crippen LogP contribution < -0.4 is 0 Å². The van der Waals surface area contributed by atoms with Gasteiger partial charge in [0.25, 0.3) is 0 Å². The minimum absolute atomic E-state index is 0.182. The van der Waals surface area contributed by atoms with Gasteiger partial charge in [-0.25, -0.2) is 4.79 Å². The van der Waals surface area contributed by atoms with E-state index in [2.05, 4.69) is 0 Å². The first-order valence-electron chi connectivity index (χ1n) is 5.68. The molecule has 0 heterocycles. The van der Waals surface area contributed by atoms with Crippen molar-refractivity contribution in [1.29, 1.82) is 0 Å². The molecule has 0 rings (SSSR count). The third-order valence-corrected chi connectivity index (χ3v) is 2.23. The van der Waals surface area contributed by atoms with E-state index in [-0.39, 0.29) is 12.2 Å². The van der Waals surface area contributed by atoms with E-state index in [1.807, 2.05) is 0 Å². The molecule has 0 amide bonds. The van der Waals surface area contributed by atoms with Crippen molar-refractivity contribution >= 4 is 17.7 Å². The van der Waals surface area contributed by atoms with E-state index in [1.54, 1.807) is 0 Å². The van der Waals surface area contributed by atoms with E-state index in [0.29, 0.717) is 12.8 Å². The summed E-state index contributed by atoms with van der Waals surface area (Å²) in [5, 5.41) is 16.7. The van der Waals surface area contributed by atoms with Crippen molar-refractivity contribution < 1.29 is 24.6 Å². The molecule has 96 valence electrons. The Hall–Kier alpha value is -1.65. The van der Waals surface area contributed by atoms with Crippen molar-refractivity contribution in [3.8, 4) is 0 Å². The summed E-state index contributed by atoms with van der Waals surface area (Å²) in [5.41, 5.74) is 0. The van der Waals surface area contributed by atoms with E-state index in [0.717, 1.165) is 37.8 Å². The Kier molecular flexibility index (Phi) is 8.64. The van der Waals surface area contributed by atoms with Crippen molar-refractivity contribution in [2.75, 3.05) is 0 Å². The highest BCUT2D eigenvalue weighted by molar-refractivity contribution is 5.95. The fourth-order valence-corrected chi connectivity index (χ4v) is 1.35. The van der Waals surface area contributed by atoms with Crippen molar-refractivity contribution in [2.24, 2.45) is 0 Å². The highest BCUT2D eigenvalue weighted by Gasteiger charge is 1.99. The quantitative estimate of drug-likeness (QED) is 0.451. The van der Waals surface area contributed by atoms with E-state index in [9.17, 15) is 14.4 Å². The Bertz CT molecular complexity index is 293. The van der Waals surface area contributed by atoms with Gasteiger partial charge in [-0.05, 0) is 18.9 Å². The Balaban J connectivity index is 3.36. The Labute approximate surface area is 100 Å². The van der Waals surface area contributed by atoms with Gasteiger partial charge in [0, 0.05) is 18.9 Å². The fourth-order valence-electron chi connectivity index (χ4n) is 1.35. The summed E-state index contributed by atoms with van der Waals surface area (Å²) in [6, 6.07) is 0. The van der Waals surface area contributed by atoms with Crippen molar-refractivity contribution in [1.82, 2.24) is 0 Å². The third kappa shape index (κ3) is 12.3. The topological polar surface area (TPSA) is 91.7 Å². The number of ketones is 1. The molecule has 0 aliphatic rings. The Morgan fingerprint density at radius 1 is 0.765 bits per heavy atom. The lowest BCUT2D eigenvalue weighted by Crippen LogP contribution is -1.96. The highest BCUT2D eigenvalue weighted by atomic mass is 16.4. The molecule has 0 spiro atoms. The maximum absolute atomic E-state index is 11.1. The third-order valence-electron chi connectivity index (χ3n) is 2.23. The number of hydrogen-bond acceptors (Lipinski definition) is 3. The lowest BCUT2D eigenvalue weighted by Gasteiger charge is -1.98. The smallest absolute Gasteiger partial charge is 0.328 e. The largest absolute Gasteiger partial charge is 0.481 e. The van der Waals surface area contributed by atoms with Crippen LogP contribution >= 0.6 is 0 Å². The summed E-state index contributed by atoms with van der Waals surface area (Å²) < 4.78 is 0. The zero-order valence-electron chi connectivity index (χ0n) is 9.72. The van der Waals surface area contributed by atoms with E-state index in [4.69, 9.17) is 10.2 Å². The monoisotopic (exact) mass is 242 g/mol. The summed E-state index contributed by atoms with van der Waals surface area (Å²) in [4.78, 5) is 31.4. The van der Waals surface area contributed by atoms with Crippen LogP contribution in [0.3, 0.4) is 0 Å². The van der Waals surface area contributed by atoms with Crippen LogP contribution in [0.2, 0.25) is 0 Å². The molecule has 2 N–H and O–H groups in total. The minimum Gasteiger partial charge on any atom is -0.481 e. The van der Waals surface area contributed by atoms with Gasteiger partial charge in [-0.1, -0.05) is 19.3 Å². The van der Waals surface area contributed by atoms with Gasteiger partial charge in [0.05, 0.1) is 0 Å². The number of hydrogen-bond donors (Lipinski definition) is 2. The summed E-state index contributed by atoms with van der Waals surface area (Å²) in [6.07, 6.45) is 6.48. The molecule has 0 saturated heterocycles. The van der Waals surface area contributed by atoms with Gasteiger partial charge in [-0.3, -0.25) is 9.59 Å². The average Bonchev–Trinajstić information content (AvgIpc) is 2.24. The fraction of sp³-hybridized carbons (Fsp3) is 0.583. The second-order valence-electron chi connectivity index (χ2n) is 3.80. The molecule has 0 fully saturated rings. The van der Waals surface area contributed by atoms with Crippen LogP contribution in [0.5, 0.6) is 0 Å². The molecular formula is C12H18O5. The molecule has 0 aromatic carbocycles. The molecule has 0 unspecified atom stereocenters. The first kappa shape index (κ1) is 15.3. The number of aliphatic carboxylic acids is 2. The predicted molar refractivity (Wildman–Crippen MR) is 61.7 cm³/mol. The first-order chi connectivity index (χ1) is 8.02. The standard InChI is InChI=1S/C12H18O5/c13-10(8-9-12(16)17)6-4-2-1-3-5-7-11(14)15/h8-9H,1-7H2,(H,14,15)(H,16,17). The summed E-state index contributed by atoms with van der Waals surface area (Å²) in [5.74, 6) is -2.08. The molecule has 0 aromatic heterocycles. The lowest BCUT2D eigenvalue weighted by atomic mass is 10.1. The summed E-state index contributed by atoms with van der Waals surface area (Å²) in [6.45, 7) is 0. The summed E-state index contributed by atoms with van der Waals surface area (Å²) in [7, 11) is 0. The minimum atomic E-state index is -1.12. The van der Waals surface area contributed by atoms with Crippen LogP contribution in [-0.4, -0.2) is 27.9 Å². The van der Waals surface area contributed by atoms with E-state index < -0.39 is 11.9 Å². The predicted octanol–water partition coefficient (Wildman–Crippen LogP) is 2.01. The number of carboxylic acids is 2. The molecule has 0 bridgehead atoms. The number of allylic oxidation sites excluding steroid dienone is 1. The normalized spacial score (nSPS) is 10.6. The van der Waals surface area contributed by atoms with Crippen LogP contribution in [0.1, 0.15) is 44.9 Å². The number of rotatable bonds is 10. The van der Waals surface area contributed by atoms with Gasteiger partial charge in [0.15, 0.2) is 5.78 Å². The lowest BCUT2D eigenvalue weighted by molar-refractivity contribution is -0.137. The van der Waals surface area contributed by atoms with Crippen molar-refractivity contribution in [3.63, 3.8) is 0 Å². The first-order valence-corrected chi connectivity index (χ1v) is 5.68. The van der Waals surface area contributed by atoms with Crippen LogP contribution in [0.25, 0.3) is 0 Å². The number of carbonyl (C=O) groups is 3. The molecule has 0 saturated carbocycles. The molecule has 5 nitrogen and oxygen atoms in total. The Morgan fingerprint density at radius 2 is 1.29 bits per heavy atom. The second kappa shape index (κ2) is 9.57. The van der Waals surface area contributed by atoms with Crippen LogP contribution in [-0.2, 0) is 14.4 Å². The summed E-state index contributed by atoms with van der Waals surface area (Å²) >= 11 is 0. The second-order valence-corrected chi connectivity index (χ2v) is 3.80. The maximum Gasteiger partial charge on any atom is 0.328 e. The molecule has 5 heteroatoms. The van der Waals surface area contributed by atoms with E-state index >= 15 is 0 Å². The van der Waals surface area contributed by atoms with Crippen LogP contribution in [0.15, 0.2) is 12.2 Å². The molecule has 0 aliphatic carbocycles. The van der Waals surface area contributed by atoms with Gasteiger partial charge < -0.3 is 10.2 Å². The van der Waals surface area contributed by atoms with Gasteiger partial charge in [0.2, 0.25) is 0 Å². The maximum atomic E-state index is 11.1.